The van der Waals surface area contributed by atoms with Crippen molar-refractivity contribution in [3.8, 4) is 0 Å². The minimum absolute atomic E-state index is 0.112. The smallest absolute Gasteiger partial charge is 0.338 e. The number of halogens is 1. The summed E-state index contributed by atoms with van der Waals surface area (Å²) in [6.45, 7) is 5.34. The van der Waals surface area contributed by atoms with Gasteiger partial charge >= 0.3 is 5.97 Å². The molecule has 9 heteroatoms. The Morgan fingerprint density at radius 1 is 0.892 bits per heavy atom. The lowest BCUT2D eigenvalue weighted by Gasteiger charge is -2.16. The van der Waals surface area contributed by atoms with Crippen molar-refractivity contribution < 1.29 is 23.9 Å². The Labute approximate surface area is 218 Å². The lowest BCUT2D eigenvalue weighted by Crippen LogP contribution is -2.32. The van der Waals surface area contributed by atoms with Crippen LogP contribution in [0.4, 0.5) is 17.1 Å². The van der Waals surface area contributed by atoms with Gasteiger partial charge in [0, 0.05) is 16.9 Å². The van der Waals surface area contributed by atoms with Crippen molar-refractivity contribution in [3.63, 3.8) is 0 Å². The van der Waals surface area contributed by atoms with E-state index in [1.54, 1.807) is 44.2 Å². The third-order valence-corrected chi connectivity index (χ3v) is 5.87. The Kier molecular flexibility index (Phi) is 7.40. The molecule has 0 aliphatic carbocycles. The fourth-order valence-electron chi connectivity index (χ4n) is 3.66. The zero-order valence-corrected chi connectivity index (χ0v) is 21.1. The van der Waals surface area contributed by atoms with Crippen LogP contribution in [0.2, 0.25) is 0 Å². The number of benzene rings is 3. The molecule has 0 bridgehead atoms. The van der Waals surface area contributed by atoms with Crippen LogP contribution in [0.3, 0.4) is 0 Å². The number of carbonyl (C=O) groups is 4. The molecular formula is C28H24ClN3O5. The second-order valence-electron chi connectivity index (χ2n) is 8.61. The summed E-state index contributed by atoms with van der Waals surface area (Å²) in [6.07, 6.45) is -0.321. The van der Waals surface area contributed by atoms with Crippen molar-refractivity contribution in [2.24, 2.45) is 0 Å². The molecule has 0 spiro atoms. The molecule has 0 fully saturated rings. The molecule has 188 valence electrons. The number of anilines is 3. The molecule has 0 atom stereocenters. The summed E-state index contributed by atoms with van der Waals surface area (Å²) in [7, 11) is 0. The third-order valence-electron chi connectivity index (χ3n) is 5.52. The molecule has 3 aromatic rings. The van der Waals surface area contributed by atoms with Crippen LogP contribution in [0.15, 0.2) is 83.5 Å². The molecule has 0 saturated carbocycles. The average Bonchev–Trinajstić information content (AvgIpc) is 3.08. The highest BCUT2D eigenvalue weighted by molar-refractivity contribution is 6.53. The molecule has 1 aliphatic heterocycles. The number of imide groups is 1. The Morgan fingerprint density at radius 2 is 1.59 bits per heavy atom. The fourth-order valence-corrected chi connectivity index (χ4v) is 3.87. The van der Waals surface area contributed by atoms with Crippen LogP contribution in [0.25, 0.3) is 0 Å². The second kappa shape index (κ2) is 10.7. The van der Waals surface area contributed by atoms with Crippen molar-refractivity contribution >= 4 is 52.4 Å². The van der Waals surface area contributed by atoms with Crippen LogP contribution in [0, 0.1) is 6.92 Å². The molecular weight excluding hydrogens is 494 g/mol. The van der Waals surface area contributed by atoms with Crippen LogP contribution in [0.5, 0.6) is 0 Å². The number of para-hydroxylation sites is 1. The van der Waals surface area contributed by atoms with Gasteiger partial charge in [0.25, 0.3) is 17.7 Å². The Hall–Kier alpha value is -4.43. The van der Waals surface area contributed by atoms with Gasteiger partial charge in [-0.3, -0.25) is 14.4 Å². The van der Waals surface area contributed by atoms with E-state index in [-0.39, 0.29) is 34.0 Å². The van der Waals surface area contributed by atoms with Crippen molar-refractivity contribution in [2.45, 2.75) is 26.9 Å². The van der Waals surface area contributed by atoms with Crippen molar-refractivity contribution in [3.05, 3.63) is 100 Å². The number of amides is 3. The summed E-state index contributed by atoms with van der Waals surface area (Å²) in [6, 6.07) is 19.8. The molecule has 3 aromatic carbocycles. The molecule has 0 aromatic heterocycles. The molecule has 0 saturated heterocycles. The van der Waals surface area contributed by atoms with E-state index < -0.39 is 17.8 Å². The molecule has 0 radical (unpaired) electrons. The molecule has 8 nitrogen and oxygen atoms in total. The van der Waals surface area contributed by atoms with Crippen LogP contribution in [0.1, 0.15) is 40.1 Å². The van der Waals surface area contributed by atoms with Crippen LogP contribution >= 0.6 is 11.6 Å². The van der Waals surface area contributed by atoms with Gasteiger partial charge in [-0.2, -0.15) is 0 Å². The van der Waals surface area contributed by atoms with Gasteiger partial charge in [0.2, 0.25) is 0 Å². The van der Waals surface area contributed by atoms with Gasteiger partial charge in [0.1, 0.15) is 10.7 Å². The first-order valence-electron chi connectivity index (χ1n) is 11.5. The standard InChI is InChI=1S/C28H24ClN3O5/c1-16(2)37-28(36)19-8-6-9-21(15-19)32-26(34)23(29)24(27(32)35)30-20-13-11-18(12-14-20)25(33)31-22-10-5-4-7-17(22)3/h4-16,30H,1-3H3,(H,31,33). The summed E-state index contributed by atoms with van der Waals surface area (Å²) in [5, 5.41) is 5.44. The number of nitrogens with zero attached hydrogens (tertiary/aromatic N) is 1. The van der Waals surface area contributed by atoms with Crippen molar-refractivity contribution in [1.29, 1.82) is 0 Å². The van der Waals surface area contributed by atoms with E-state index >= 15 is 0 Å². The lowest BCUT2D eigenvalue weighted by atomic mass is 10.1. The number of hydrogen-bond donors (Lipinski definition) is 2. The molecule has 1 heterocycles. The first-order chi connectivity index (χ1) is 17.7. The summed E-state index contributed by atoms with van der Waals surface area (Å²) in [4.78, 5) is 51.7. The van der Waals surface area contributed by atoms with Gasteiger partial charge < -0.3 is 15.4 Å². The van der Waals surface area contributed by atoms with Gasteiger partial charge in [0.05, 0.1) is 17.4 Å². The van der Waals surface area contributed by atoms with E-state index in [9.17, 15) is 19.2 Å². The monoisotopic (exact) mass is 517 g/mol. The van der Waals surface area contributed by atoms with E-state index in [4.69, 9.17) is 16.3 Å². The van der Waals surface area contributed by atoms with Gasteiger partial charge in [-0.1, -0.05) is 35.9 Å². The summed E-state index contributed by atoms with van der Waals surface area (Å²) in [5.41, 5.74) is 2.79. The summed E-state index contributed by atoms with van der Waals surface area (Å²) >= 11 is 6.23. The zero-order valence-electron chi connectivity index (χ0n) is 20.4. The largest absolute Gasteiger partial charge is 0.459 e. The van der Waals surface area contributed by atoms with E-state index in [0.717, 1.165) is 10.5 Å². The quantitative estimate of drug-likeness (QED) is 0.328. The number of carbonyl (C=O) groups excluding carboxylic acids is 4. The molecule has 2 N–H and O–H groups in total. The van der Waals surface area contributed by atoms with E-state index in [1.165, 1.54) is 18.2 Å². The zero-order chi connectivity index (χ0) is 26.7. The first-order valence-corrected chi connectivity index (χ1v) is 11.9. The highest BCUT2D eigenvalue weighted by Gasteiger charge is 2.39. The predicted molar refractivity (Wildman–Crippen MR) is 142 cm³/mol. The maximum atomic E-state index is 13.1. The number of hydrogen-bond acceptors (Lipinski definition) is 6. The lowest BCUT2D eigenvalue weighted by molar-refractivity contribution is -0.120. The number of nitrogens with one attached hydrogen (secondary N) is 2. The van der Waals surface area contributed by atoms with Gasteiger partial charge in [-0.15, -0.1) is 0 Å². The van der Waals surface area contributed by atoms with Gasteiger partial charge in [-0.25, -0.2) is 9.69 Å². The van der Waals surface area contributed by atoms with Crippen molar-refractivity contribution in [2.75, 3.05) is 15.5 Å². The highest BCUT2D eigenvalue weighted by atomic mass is 35.5. The number of rotatable bonds is 7. The normalized spacial score (nSPS) is 13.3. The fraction of sp³-hybridized carbons (Fsp3) is 0.143. The van der Waals surface area contributed by atoms with Crippen LogP contribution in [-0.2, 0) is 14.3 Å². The third kappa shape index (κ3) is 5.54. The van der Waals surface area contributed by atoms with Crippen LogP contribution < -0.4 is 15.5 Å². The predicted octanol–water partition coefficient (Wildman–Crippen LogP) is 5.25. The topological polar surface area (TPSA) is 105 Å². The van der Waals surface area contributed by atoms with Crippen LogP contribution in [-0.4, -0.2) is 29.8 Å². The SMILES string of the molecule is Cc1ccccc1NC(=O)c1ccc(NC2=C(Cl)C(=O)N(c3cccc(C(=O)OC(C)C)c3)C2=O)cc1. The van der Waals surface area contributed by atoms with E-state index in [0.29, 0.717) is 16.9 Å². The Balaban J connectivity index is 1.48. The maximum absolute atomic E-state index is 13.1. The number of aryl methyl sites for hydroxylation is 1. The molecule has 37 heavy (non-hydrogen) atoms. The number of ether oxygens (including phenoxy) is 1. The van der Waals surface area contributed by atoms with Gasteiger partial charge in [0.15, 0.2) is 0 Å². The van der Waals surface area contributed by atoms with Crippen molar-refractivity contribution in [1.82, 2.24) is 0 Å². The average molecular weight is 518 g/mol. The molecule has 3 amide bonds. The van der Waals surface area contributed by atoms with Gasteiger partial charge in [-0.05, 0) is 74.9 Å². The second-order valence-corrected chi connectivity index (χ2v) is 8.99. The van der Waals surface area contributed by atoms with E-state index in [2.05, 4.69) is 10.6 Å². The minimum atomic E-state index is -0.724. The maximum Gasteiger partial charge on any atom is 0.338 e. The minimum Gasteiger partial charge on any atom is -0.459 e. The Morgan fingerprint density at radius 3 is 2.27 bits per heavy atom. The molecule has 4 rings (SSSR count). The molecule has 0 unspecified atom stereocenters. The number of esters is 1. The summed E-state index contributed by atoms with van der Waals surface area (Å²) in [5.74, 6) is -2.25. The highest BCUT2D eigenvalue weighted by Crippen LogP contribution is 2.31. The first kappa shape index (κ1) is 25.7. The van der Waals surface area contributed by atoms with E-state index in [1.807, 2.05) is 31.2 Å². The molecule has 1 aliphatic rings. The summed E-state index contributed by atoms with van der Waals surface area (Å²) < 4.78 is 5.19. The Bertz CT molecular complexity index is 1430.